The summed E-state index contributed by atoms with van der Waals surface area (Å²) in [7, 11) is 0. The third-order valence-electron chi connectivity index (χ3n) is 1.08. The first-order valence-electron chi connectivity index (χ1n) is 2.94. The van der Waals surface area contributed by atoms with E-state index in [4.69, 9.17) is 4.74 Å². The highest BCUT2D eigenvalue weighted by Gasteiger charge is 2.05. The van der Waals surface area contributed by atoms with Crippen LogP contribution in [-0.4, -0.2) is 17.5 Å². The number of rotatable bonds is 3. The predicted molar refractivity (Wildman–Crippen MR) is 39.5 cm³/mol. The highest BCUT2D eigenvalue weighted by Crippen LogP contribution is 2.06. The maximum Gasteiger partial charge on any atom is 0.0669 e. The van der Waals surface area contributed by atoms with Crippen molar-refractivity contribution in [1.29, 1.82) is 0 Å². The summed E-state index contributed by atoms with van der Waals surface area (Å²) in [4.78, 5) is 0.461. The Balaban J connectivity index is 3.17. The quantitative estimate of drug-likeness (QED) is 0.606. The lowest BCUT2D eigenvalue weighted by Gasteiger charge is -2.12. The summed E-state index contributed by atoms with van der Waals surface area (Å²) in [5, 5.41) is 0. The molecule has 0 fully saturated rings. The minimum absolute atomic E-state index is 0.333. The van der Waals surface area contributed by atoms with E-state index in [1.165, 1.54) is 0 Å². The minimum atomic E-state index is 0.333. The molecule has 50 valence electrons. The van der Waals surface area contributed by atoms with Crippen LogP contribution in [0.3, 0.4) is 0 Å². The average molecular weight is 181 g/mol. The number of halogens is 1. The molecule has 0 heterocycles. The molecule has 1 nitrogen and oxygen atoms in total. The van der Waals surface area contributed by atoms with Gasteiger partial charge in [0.05, 0.1) is 6.10 Å². The smallest absolute Gasteiger partial charge is 0.0669 e. The maximum absolute atomic E-state index is 5.26. The predicted octanol–water partition coefficient (Wildman–Crippen LogP) is 2.19. The van der Waals surface area contributed by atoms with Crippen LogP contribution in [0.25, 0.3) is 0 Å². The van der Waals surface area contributed by atoms with Crippen molar-refractivity contribution in [2.24, 2.45) is 0 Å². The Labute approximate surface area is 59.5 Å². The van der Waals surface area contributed by atoms with Crippen molar-refractivity contribution in [3.63, 3.8) is 0 Å². The maximum atomic E-state index is 5.26. The van der Waals surface area contributed by atoms with Gasteiger partial charge in [-0.15, -0.1) is 0 Å². The monoisotopic (exact) mass is 180 g/mol. The molecule has 2 atom stereocenters. The lowest BCUT2D eigenvalue weighted by molar-refractivity contribution is 0.0790. The number of alkyl halides is 1. The Bertz CT molecular complexity index is 54.5. The topological polar surface area (TPSA) is 9.23 Å². The molecule has 0 saturated heterocycles. The van der Waals surface area contributed by atoms with Gasteiger partial charge in [-0.25, -0.2) is 0 Å². The van der Waals surface area contributed by atoms with E-state index in [-0.39, 0.29) is 0 Å². The molecule has 0 aromatic heterocycles. The fourth-order valence-corrected chi connectivity index (χ4v) is 0.548. The fraction of sp³-hybridized carbons (Fsp3) is 1.00. The zero-order valence-electron chi connectivity index (χ0n) is 5.65. The first-order chi connectivity index (χ1) is 3.68. The lowest BCUT2D eigenvalue weighted by atomic mass is 10.3. The highest BCUT2D eigenvalue weighted by molar-refractivity contribution is 9.09. The highest BCUT2D eigenvalue weighted by atomic mass is 79.9. The molecule has 0 aromatic rings. The van der Waals surface area contributed by atoms with Gasteiger partial charge in [0.25, 0.3) is 0 Å². The van der Waals surface area contributed by atoms with Gasteiger partial charge in [0.1, 0.15) is 0 Å². The van der Waals surface area contributed by atoms with Gasteiger partial charge in [-0.3, -0.25) is 0 Å². The summed E-state index contributed by atoms with van der Waals surface area (Å²) >= 11 is 3.42. The summed E-state index contributed by atoms with van der Waals surface area (Å²) in [5.41, 5.74) is 0. The fourth-order valence-electron chi connectivity index (χ4n) is 0.395. The van der Waals surface area contributed by atoms with E-state index in [0.717, 1.165) is 6.61 Å². The third kappa shape index (κ3) is 3.44. The van der Waals surface area contributed by atoms with Crippen LogP contribution in [0, 0.1) is 0 Å². The van der Waals surface area contributed by atoms with E-state index in [9.17, 15) is 0 Å². The van der Waals surface area contributed by atoms with Gasteiger partial charge < -0.3 is 4.74 Å². The van der Waals surface area contributed by atoms with Crippen molar-refractivity contribution in [2.45, 2.75) is 31.7 Å². The standard InChI is InChI=1S/C6H13BrO/c1-4-8-6(3)5(2)7/h5-6H,4H2,1-3H3. The van der Waals surface area contributed by atoms with E-state index in [2.05, 4.69) is 29.8 Å². The summed E-state index contributed by atoms with van der Waals surface area (Å²) in [6.07, 6.45) is 0.333. The second kappa shape index (κ2) is 4.33. The molecule has 0 saturated carbocycles. The summed E-state index contributed by atoms with van der Waals surface area (Å²) in [6, 6.07) is 0. The van der Waals surface area contributed by atoms with E-state index < -0.39 is 0 Å². The van der Waals surface area contributed by atoms with Gasteiger partial charge in [0, 0.05) is 11.4 Å². The molecule has 0 aliphatic rings. The Morgan fingerprint density at radius 2 is 2.00 bits per heavy atom. The van der Waals surface area contributed by atoms with Crippen molar-refractivity contribution in [1.82, 2.24) is 0 Å². The molecule has 0 N–H and O–H groups in total. The molecule has 8 heavy (non-hydrogen) atoms. The molecular formula is C6H13BrO. The molecule has 0 spiro atoms. The molecule has 0 bridgehead atoms. The zero-order chi connectivity index (χ0) is 6.57. The largest absolute Gasteiger partial charge is 0.378 e. The van der Waals surface area contributed by atoms with E-state index in [1.807, 2.05) is 6.92 Å². The summed E-state index contributed by atoms with van der Waals surface area (Å²) < 4.78 is 5.26. The third-order valence-corrected chi connectivity index (χ3v) is 1.82. The summed E-state index contributed by atoms with van der Waals surface area (Å²) in [5.74, 6) is 0. The number of hydrogen-bond donors (Lipinski definition) is 0. The van der Waals surface area contributed by atoms with Crippen molar-refractivity contribution in [2.75, 3.05) is 6.61 Å². The van der Waals surface area contributed by atoms with Crippen LogP contribution in [-0.2, 0) is 4.74 Å². The number of ether oxygens (including phenoxy) is 1. The van der Waals surface area contributed by atoms with Crippen LogP contribution in [0.4, 0.5) is 0 Å². The molecule has 0 radical (unpaired) electrons. The molecule has 0 aromatic carbocycles. The van der Waals surface area contributed by atoms with Gasteiger partial charge >= 0.3 is 0 Å². The first kappa shape index (κ1) is 8.44. The van der Waals surface area contributed by atoms with Crippen molar-refractivity contribution in [3.8, 4) is 0 Å². The molecule has 0 aliphatic carbocycles. The van der Waals surface area contributed by atoms with Gasteiger partial charge in [0.15, 0.2) is 0 Å². The van der Waals surface area contributed by atoms with Crippen LogP contribution in [0.1, 0.15) is 20.8 Å². The van der Waals surface area contributed by atoms with Gasteiger partial charge in [-0.1, -0.05) is 22.9 Å². The summed E-state index contributed by atoms with van der Waals surface area (Å²) in [6.45, 7) is 6.95. The molecule has 2 heteroatoms. The Morgan fingerprint density at radius 1 is 1.50 bits per heavy atom. The second-order valence-corrected chi connectivity index (χ2v) is 3.28. The minimum Gasteiger partial charge on any atom is -0.378 e. The van der Waals surface area contributed by atoms with Gasteiger partial charge in [0.2, 0.25) is 0 Å². The Morgan fingerprint density at radius 3 is 2.12 bits per heavy atom. The van der Waals surface area contributed by atoms with Crippen molar-refractivity contribution >= 4 is 15.9 Å². The van der Waals surface area contributed by atoms with Crippen molar-refractivity contribution < 1.29 is 4.74 Å². The van der Waals surface area contributed by atoms with Gasteiger partial charge in [-0.2, -0.15) is 0 Å². The number of hydrogen-bond acceptors (Lipinski definition) is 1. The molecule has 0 aliphatic heterocycles. The van der Waals surface area contributed by atoms with E-state index in [0.29, 0.717) is 10.9 Å². The Kier molecular flexibility index (Phi) is 4.57. The molecule has 0 rings (SSSR count). The van der Waals surface area contributed by atoms with Crippen LogP contribution in [0.2, 0.25) is 0 Å². The van der Waals surface area contributed by atoms with Crippen LogP contribution in [0.15, 0.2) is 0 Å². The lowest BCUT2D eigenvalue weighted by Crippen LogP contribution is -2.17. The Hall–Kier alpha value is 0.440. The van der Waals surface area contributed by atoms with Crippen LogP contribution < -0.4 is 0 Å². The van der Waals surface area contributed by atoms with Crippen LogP contribution in [0.5, 0.6) is 0 Å². The van der Waals surface area contributed by atoms with Crippen LogP contribution >= 0.6 is 15.9 Å². The van der Waals surface area contributed by atoms with Gasteiger partial charge in [-0.05, 0) is 13.8 Å². The first-order valence-corrected chi connectivity index (χ1v) is 3.85. The SMILES string of the molecule is CCOC(C)C(C)Br. The van der Waals surface area contributed by atoms with E-state index in [1.54, 1.807) is 0 Å². The normalized spacial score (nSPS) is 18.0. The zero-order valence-corrected chi connectivity index (χ0v) is 7.23. The second-order valence-electron chi connectivity index (χ2n) is 1.84. The average Bonchev–Trinajstić information content (AvgIpc) is 1.67. The van der Waals surface area contributed by atoms with Crippen molar-refractivity contribution in [3.05, 3.63) is 0 Å². The van der Waals surface area contributed by atoms with E-state index >= 15 is 0 Å². The molecule has 2 unspecified atom stereocenters. The molecule has 0 amide bonds. The molecular weight excluding hydrogens is 168 g/mol.